The molecule has 0 atom stereocenters. The number of hydrogen-bond acceptors (Lipinski definition) is 6. The molecule has 0 saturated carbocycles. The molecule has 0 fully saturated rings. The molecule has 0 unspecified atom stereocenters. The number of non-ortho nitro benzene ring substituents is 1. The molecule has 2 rings (SSSR count). The summed E-state index contributed by atoms with van der Waals surface area (Å²) in [6.45, 7) is 2.51. The zero-order valence-electron chi connectivity index (χ0n) is 9.71. The molecule has 18 heavy (non-hydrogen) atoms. The lowest BCUT2D eigenvalue weighted by molar-refractivity contribution is -0.384. The number of thiazole rings is 1. The molecule has 1 heterocycles. The van der Waals surface area contributed by atoms with Gasteiger partial charge in [0.2, 0.25) is 0 Å². The van der Waals surface area contributed by atoms with Crippen LogP contribution in [0.1, 0.15) is 9.88 Å². The number of nitrogens with two attached hydrogens (primary N) is 1. The summed E-state index contributed by atoms with van der Waals surface area (Å²) in [6, 6.07) is 4.45. The summed E-state index contributed by atoms with van der Waals surface area (Å²) in [5.41, 5.74) is 6.58. The summed E-state index contributed by atoms with van der Waals surface area (Å²) >= 11 is 1.58. The SMILES string of the molecule is Cc1cnc(CNc2cc(N)cc([N+](=O)[O-])c2)s1. The Morgan fingerprint density at radius 1 is 1.50 bits per heavy atom. The van der Waals surface area contributed by atoms with E-state index in [0.29, 0.717) is 17.9 Å². The maximum atomic E-state index is 10.7. The van der Waals surface area contributed by atoms with Crippen molar-refractivity contribution in [2.45, 2.75) is 13.5 Å². The van der Waals surface area contributed by atoms with Gasteiger partial charge in [-0.15, -0.1) is 11.3 Å². The Morgan fingerprint density at radius 2 is 2.28 bits per heavy atom. The normalized spacial score (nSPS) is 10.3. The van der Waals surface area contributed by atoms with Crippen LogP contribution in [-0.2, 0) is 6.54 Å². The zero-order valence-corrected chi connectivity index (χ0v) is 10.5. The van der Waals surface area contributed by atoms with Gasteiger partial charge in [-0.05, 0) is 13.0 Å². The van der Waals surface area contributed by atoms with Crippen molar-refractivity contribution in [1.29, 1.82) is 0 Å². The monoisotopic (exact) mass is 264 g/mol. The summed E-state index contributed by atoms with van der Waals surface area (Å²) in [6.07, 6.45) is 1.80. The van der Waals surface area contributed by atoms with Crippen LogP contribution in [0.15, 0.2) is 24.4 Å². The molecule has 0 amide bonds. The van der Waals surface area contributed by atoms with E-state index >= 15 is 0 Å². The van der Waals surface area contributed by atoms with Crippen molar-refractivity contribution in [2.24, 2.45) is 0 Å². The molecule has 0 bridgehead atoms. The first-order chi connectivity index (χ1) is 8.54. The number of nitrogens with one attached hydrogen (secondary N) is 1. The summed E-state index contributed by atoms with van der Waals surface area (Å²) in [5, 5.41) is 14.7. The zero-order chi connectivity index (χ0) is 13.1. The van der Waals surface area contributed by atoms with E-state index in [1.807, 2.05) is 6.92 Å². The van der Waals surface area contributed by atoms with E-state index in [-0.39, 0.29) is 5.69 Å². The van der Waals surface area contributed by atoms with Gasteiger partial charge in [-0.25, -0.2) is 4.98 Å². The molecular formula is C11H12N4O2S. The number of nitrogens with zero attached hydrogens (tertiary/aromatic N) is 2. The molecule has 1 aromatic carbocycles. The molecule has 7 heteroatoms. The van der Waals surface area contributed by atoms with Crippen LogP contribution < -0.4 is 11.1 Å². The summed E-state index contributed by atoms with van der Waals surface area (Å²) in [5.74, 6) is 0. The van der Waals surface area contributed by atoms with Crippen LogP contribution in [0.5, 0.6) is 0 Å². The lowest BCUT2D eigenvalue weighted by Gasteiger charge is -2.05. The van der Waals surface area contributed by atoms with Crippen LogP contribution >= 0.6 is 11.3 Å². The molecule has 0 aliphatic carbocycles. The highest BCUT2D eigenvalue weighted by Gasteiger charge is 2.08. The summed E-state index contributed by atoms with van der Waals surface area (Å²) < 4.78 is 0. The Balaban J connectivity index is 2.11. The van der Waals surface area contributed by atoms with E-state index in [2.05, 4.69) is 10.3 Å². The third kappa shape index (κ3) is 2.95. The highest BCUT2D eigenvalue weighted by Crippen LogP contribution is 2.23. The van der Waals surface area contributed by atoms with Gasteiger partial charge in [0.15, 0.2) is 0 Å². The van der Waals surface area contributed by atoms with E-state index in [1.54, 1.807) is 23.6 Å². The van der Waals surface area contributed by atoms with Crippen LogP contribution in [0.25, 0.3) is 0 Å². The van der Waals surface area contributed by atoms with E-state index in [0.717, 1.165) is 9.88 Å². The fraction of sp³-hybridized carbons (Fsp3) is 0.182. The second kappa shape index (κ2) is 5.01. The van der Waals surface area contributed by atoms with Crippen molar-refractivity contribution < 1.29 is 4.92 Å². The van der Waals surface area contributed by atoms with Crippen LogP contribution in [0.2, 0.25) is 0 Å². The van der Waals surface area contributed by atoms with Gasteiger partial charge >= 0.3 is 0 Å². The molecule has 6 nitrogen and oxygen atoms in total. The molecule has 0 aliphatic rings. The highest BCUT2D eigenvalue weighted by atomic mass is 32.1. The molecule has 94 valence electrons. The average Bonchev–Trinajstić information content (AvgIpc) is 2.72. The Kier molecular flexibility index (Phi) is 3.42. The van der Waals surface area contributed by atoms with Crippen LogP contribution in [0, 0.1) is 17.0 Å². The van der Waals surface area contributed by atoms with Gasteiger partial charge in [-0.1, -0.05) is 0 Å². The van der Waals surface area contributed by atoms with E-state index < -0.39 is 4.92 Å². The lowest BCUT2D eigenvalue weighted by Crippen LogP contribution is -2.01. The van der Waals surface area contributed by atoms with Crippen molar-refractivity contribution >= 4 is 28.4 Å². The van der Waals surface area contributed by atoms with Gasteiger partial charge in [0.1, 0.15) is 5.01 Å². The molecule has 1 aromatic heterocycles. The number of hydrogen-bond donors (Lipinski definition) is 2. The first kappa shape index (κ1) is 12.3. The lowest BCUT2D eigenvalue weighted by atomic mass is 10.2. The first-order valence-electron chi connectivity index (χ1n) is 5.25. The van der Waals surface area contributed by atoms with Gasteiger partial charge in [-0.2, -0.15) is 0 Å². The fourth-order valence-corrected chi connectivity index (χ4v) is 2.23. The number of benzene rings is 1. The quantitative estimate of drug-likeness (QED) is 0.502. The maximum absolute atomic E-state index is 10.7. The van der Waals surface area contributed by atoms with Crippen LogP contribution in [-0.4, -0.2) is 9.91 Å². The third-order valence-electron chi connectivity index (χ3n) is 2.26. The fourth-order valence-electron chi connectivity index (χ4n) is 1.50. The largest absolute Gasteiger partial charge is 0.398 e. The predicted octanol–water partition coefficient (Wildman–Crippen LogP) is 2.55. The van der Waals surface area contributed by atoms with Crippen molar-refractivity contribution in [2.75, 3.05) is 11.1 Å². The third-order valence-corrected chi connectivity index (χ3v) is 3.18. The van der Waals surface area contributed by atoms with Gasteiger partial charge in [-0.3, -0.25) is 10.1 Å². The Morgan fingerprint density at radius 3 is 2.89 bits per heavy atom. The standard InChI is InChI=1S/C11H12N4O2S/c1-7-5-14-11(18-7)6-13-9-2-8(12)3-10(4-9)15(16)17/h2-5,13H,6,12H2,1H3. The minimum Gasteiger partial charge on any atom is -0.398 e. The second-order valence-corrected chi connectivity index (χ2v) is 5.11. The Labute approximate surface area is 108 Å². The molecule has 0 spiro atoms. The number of aryl methyl sites for hydroxylation is 1. The number of nitrogen functional groups attached to an aromatic ring is 1. The summed E-state index contributed by atoms with van der Waals surface area (Å²) in [4.78, 5) is 15.6. The topological polar surface area (TPSA) is 94.1 Å². The number of nitro benzene ring substituents is 1. The molecule has 3 N–H and O–H groups in total. The van der Waals surface area contributed by atoms with Crippen molar-refractivity contribution in [1.82, 2.24) is 4.98 Å². The van der Waals surface area contributed by atoms with E-state index in [9.17, 15) is 10.1 Å². The van der Waals surface area contributed by atoms with Gasteiger partial charge < -0.3 is 11.1 Å². The molecule has 0 radical (unpaired) electrons. The van der Waals surface area contributed by atoms with Gasteiger partial charge in [0.25, 0.3) is 5.69 Å². The van der Waals surface area contributed by atoms with Crippen molar-refractivity contribution in [3.05, 3.63) is 44.4 Å². The predicted molar refractivity (Wildman–Crippen MR) is 71.7 cm³/mol. The molecule has 2 aromatic rings. The van der Waals surface area contributed by atoms with Gasteiger partial charge in [0.05, 0.1) is 11.5 Å². The maximum Gasteiger partial charge on any atom is 0.273 e. The minimum absolute atomic E-state index is 0.0205. The van der Waals surface area contributed by atoms with E-state index in [4.69, 9.17) is 5.73 Å². The Bertz CT molecular complexity index is 582. The molecular weight excluding hydrogens is 252 g/mol. The second-order valence-electron chi connectivity index (χ2n) is 3.79. The average molecular weight is 264 g/mol. The van der Waals surface area contributed by atoms with Gasteiger partial charge in [0, 0.05) is 34.6 Å². The number of nitro groups is 1. The number of anilines is 2. The van der Waals surface area contributed by atoms with Crippen molar-refractivity contribution in [3.8, 4) is 0 Å². The Hall–Kier alpha value is -2.15. The number of aromatic nitrogens is 1. The first-order valence-corrected chi connectivity index (χ1v) is 6.06. The van der Waals surface area contributed by atoms with E-state index in [1.165, 1.54) is 12.1 Å². The minimum atomic E-state index is -0.463. The van der Waals surface area contributed by atoms with Crippen molar-refractivity contribution in [3.63, 3.8) is 0 Å². The molecule has 0 aliphatic heterocycles. The highest BCUT2D eigenvalue weighted by molar-refractivity contribution is 7.11. The number of rotatable bonds is 4. The smallest absolute Gasteiger partial charge is 0.273 e. The molecule has 0 saturated heterocycles. The van der Waals surface area contributed by atoms with Crippen LogP contribution in [0.4, 0.5) is 17.1 Å². The van der Waals surface area contributed by atoms with Crippen LogP contribution in [0.3, 0.4) is 0 Å². The summed E-state index contributed by atoms with van der Waals surface area (Å²) in [7, 11) is 0.